The van der Waals surface area contributed by atoms with E-state index in [-0.39, 0.29) is 10.8 Å². The molecule has 0 spiro atoms. The molecule has 9 heteroatoms. The highest BCUT2D eigenvalue weighted by molar-refractivity contribution is 7.92. The van der Waals surface area contributed by atoms with Gasteiger partial charge in [-0.15, -0.1) is 11.3 Å². The summed E-state index contributed by atoms with van der Waals surface area (Å²) in [5, 5.41) is 4.67. The van der Waals surface area contributed by atoms with Crippen molar-refractivity contribution in [2.45, 2.75) is 11.9 Å². The smallest absolute Gasteiger partial charge is 0.282 e. The molecule has 110 valence electrons. The van der Waals surface area contributed by atoms with Crippen LogP contribution in [0.15, 0.2) is 34.8 Å². The number of sulfonamides is 1. The zero-order valence-corrected chi connectivity index (χ0v) is 13.0. The summed E-state index contributed by atoms with van der Waals surface area (Å²) in [7, 11) is -2.16. The number of aromatic nitrogens is 3. The van der Waals surface area contributed by atoms with Gasteiger partial charge in [0.15, 0.2) is 10.8 Å². The van der Waals surface area contributed by atoms with Crippen molar-refractivity contribution in [1.29, 1.82) is 0 Å². The predicted molar refractivity (Wildman–Crippen MR) is 82.4 cm³/mol. The Morgan fingerprint density at radius 3 is 2.81 bits per heavy atom. The van der Waals surface area contributed by atoms with Crippen molar-refractivity contribution >= 4 is 38.0 Å². The molecule has 0 aliphatic carbocycles. The molecule has 0 unspecified atom stereocenters. The maximum absolute atomic E-state index is 12.6. The summed E-state index contributed by atoms with van der Waals surface area (Å²) in [6, 6.07) is 5.15. The van der Waals surface area contributed by atoms with E-state index in [9.17, 15) is 8.42 Å². The van der Waals surface area contributed by atoms with Crippen LogP contribution < -0.4 is 10.0 Å². The van der Waals surface area contributed by atoms with Crippen molar-refractivity contribution in [3.8, 4) is 0 Å². The number of anilines is 2. The van der Waals surface area contributed by atoms with Gasteiger partial charge in [0.2, 0.25) is 5.03 Å². The number of fused-ring (bicyclic) bond motifs is 1. The van der Waals surface area contributed by atoms with Gasteiger partial charge < -0.3 is 5.32 Å². The molecule has 0 fully saturated rings. The van der Waals surface area contributed by atoms with Gasteiger partial charge in [0, 0.05) is 24.3 Å². The van der Waals surface area contributed by atoms with Gasteiger partial charge >= 0.3 is 0 Å². The lowest BCUT2D eigenvalue weighted by atomic mass is 10.4. The molecule has 21 heavy (non-hydrogen) atoms. The van der Waals surface area contributed by atoms with Gasteiger partial charge in [0.05, 0.1) is 0 Å². The quantitative estimate of drug-likeness (QED) is 0.766. The summed E-state index contributed by atoms with van der Waals surface area (Å²) < 4.78 is 29.3. The number of pyridine rings is 1. The second-order valence-corrected chi connectivity index (χ2v) is 6.81. The zero-order valence-electron chi connectivity index (χ0n) is 11.4. The summed E-state index contributed by atoms with van der Waals surface area (Å²) in [4.78, 5) is 9.01. The van der Waals surface area contributed by atoms with Crippen molar-refractivity contribution in [3.63, 3.8) is 0 Å². The number of imidazole rings is 1. The van der Waals surface area contributed by atoms with Crippen LogP contribution in [0, 0.1) is 6.92 Å². The van der Waals surface area contributed by atoms with E-state index in [0.29, 0.717) is 10.8 Å². The molecule has 0 aliphatic rings. The Hall–Kier alpha value is -2.13. The Morgan fingerprint density at radius 2 is 2.10 bits per heavy atom. The third-order valence-corrected chi connectivity index (χ3v) is 4.97. The van der Waals surface area contributed by atoms with Gasteiger partial charge in [-0.25, -0.2) is 9.97 Å². The van der Waals surface area contributed by atoms with E-state index in [2.05, 4.69) is 20.0 Å². The van der Waals surface area contributed by atoms with E-state index in [0.717, 1.165) is 5.69 Å². The van der Waals surface area contributed by atoms with Crippen molar-refractivity contribution in [2.24, 2.45) is 0 Å². The number of nitrogens with zero attached hydrogens (tertiary/aromatic N) is 3. The molecule has 2 N–H and O–H groups in total. The maximum atomic E-state index is 12.6. The molecule has 3 heterocycles. The minimum atomic E-state index is -3.79. The van der Waals surface area contributed by atoms with Crippen molar-refractivity contribution in [2.75, 3.05) is 17.1 Å². The third-order valence-electron chi connectivity index (χ3n) is 2.84. The average Bonchev–Trinajstić information content (AvgIpc) is 2.96. The number of nitrogens with one attached hydrogen (secondary N) is 2. The molecule has 0 saturated heterocycles. The SMILES string of the molecule is CNc1nc2sccn2c1S(=O)(=O)Nc1cccc(C)n1. The number of hydrogen-bond donors (Lipinski definition) is 2. The Bertz CT molecular complexity index is 897. The second kappa shape index (κ2) is 5.01. The fourth-order valence-electron chi connectivity index (χ4n) is 1.97. The first-order valence-electron chi connectivity index (χ1n) is 6.11. The van der Waals surface area contributed by atoms with E-state index in [1.54, 1.807) is 43.7 Å². The molecule has 0 saturated carbocycles. The summed E-state index contributed by atoms with van der Waals surface area (Å²) in [6.45, 7) is 1.80. The number of thiazole rings is 1. The lowest BCUT2D eigenvalue weighted by Crippen LogP contribution is -2.17. The molecule has 0 atom stereocenters. The minimum absolute atomic E-state index is 0.0737. The van der Waals surface area contributed by atoms with Gasteiger partial charge in [-0.1, -0.05) is 6.07 Å². The van der Waals surface area contributed by atoms with Crippen molar-refractivity contribution in [3.05, 3.63) is 35.5 Å². The average molecular weight is 323 g/mol. The highest BCUT2D eigenvalue weighted by Gasteiger charge is 2.25. The lowest BCUT2D eigenvalue weighted by molar-refractivity contribution is 0.597. The molecule has 3 aromatic heterocycles. The molecule has 0 radical (unpaired) electrons. The third kappa shape index (κ3) is 2.45. The highest BCUT2D eigenvalue weighted by atomic mass is 32.2. The van der Waals surface area contributed by atoms with Gasteiger partial charge in [0.1, 0.15) is 5.82 Å². The van der Waals surface area contributed by atoms with Crippen LogP contribution in [0.4, 0.5) is 11.6 Å². The molecule has 3 rings (SSSR count). The van der Waals surface area contributed by atoms with Crippen LogP contribution in [0.25, 0.3) is 4.96 Å². The molecular formula is C12H13N5O2S2. The largest absolute Gasteiger partial charge is 0.371 e. The molecule has 0 amide bonds. The van der Waals surface area contributed by atoms with Crippen LogP contribution in [0.5, 0.6) is 0 Å². The van der Waals surface area contributed by atoms with Crippen LogP contribution >= 0.6 is 11.3 Å². The Balaban J connectivity index is 2.09. The molecule has 0 bridgehead atoms. The fourth-order valence-corrected chi connectivity index (χ4v) is 4.04. The summed E-state index contributed by atoms with van der Waals surface area (Å²) in [5.74, 6) is 0.587. The van der Waals surface area contributed by atoms with E-state index in [4.69, 9.17) is 0 Å². The van der Waals surface area contributed by atoms with Crippen LogP contribution in [-0.4, -0.2) is 29.8 Å². The Kier molecular flexibility index (Phi) is 3.30. The zero-order chi connectivity index (χ0) is 15.0. The summed E-state index contributed by atoms with van der Waals surface area (Å²) in [5.41, 5.74) is 0.734. The van der Waals surface area contributed by atoms with Crippen molar-refractivity contribution in [1.82, 2.24) is 14.4 Å². The Morgan fingerprint density at radius 1 is 1.29 bits per heavy atom. The van der Waals surface area contributed by atoms with Gasteiger partial charge in [0.25, 0.3) is 10.0 Å². The van der Waals surface area contributed by atoms with E-state index in [1.165, 1.54) is 15.7 Å². The summed E-state index contributed by atoms with van der Waals surface area (Å²) >= 11 is 1.37. The first kappa shape index (κ1) is 13.8. The number of rotatable bonds is 4. The van der Waals surface area contributed by atoms with Crippen LogP contribution in [-0.2, 0) is 10.0 Å². The topological polar surface area (TPSA) is 88.4 Å². The lowest BCUT2D eigenvalue weighted by Gasteiger charge is -2.08. The molecule has 0 aromatic carbocycles. The van der Waals surface area contributed by atoms with Crippen molar-refractivity contribution < 1.29 is 8.42 Å². The number of hydrogen-bond acceptors (Lipinski definition) is 6. The molecule has 3 aromatic rings. The van der Waals surface area contributed by atoms with Crippen LogP contribution in [0.1, 0.15) is 5.69 Å². The van der Waals surface area contributed by atoms with Crippen LogP contribution in [0.2, 0.25) is 0 Å². The molecular weight excluding hydrogens is 310 g/mol. The van der Waals surface area contributed by atoms with Gasteiger partial charge in [-0.2, -0.15) is 8.42 Å². The monoisotopic (exact) mass is 323 g/mol. The molecule has 7 nitrogen and oxygen atoms in total. The van der Waals surface area contributed by atoms with Gasteiger partial charge in [-0.3, -0.25) is 9.12 Å². The summed E-state index contributed by atoms with van der Waals surface area (Å²) in [6.07, 6.45) is 1.67. The molecule has 0 aliphatic heterocycles. The van der Waals surface area contributed by atoms with E-state index >= 15 is 0 Å². The minimum Gasteiger partial charge on any atom is -0.371 e. The van der Waals surface area contributed by atoms with E-state index < -0.39 is 10.0 Å². The standard InChI is InChI=1S/C12H13N5O2S2/c1-8-4-3-5-9(14-8)16-21(18,19)11-10(13-2)15-12-17(11)6-7-20-12/h3-7,13H,1-2H3,(H,14,16). The van der Waals surface area contributed by atoms with Gasteiger partial charge in [-0.05, 0) is 19.1 Å². The van der Waals surface area contributed by atoms with E-state index in [1.807, 2.05) is 0 Å². The Labute approximate surface area is 125 Å². The second-order valence-electron chi connectivity index (χ2n) is 4.34. The highest BCUT2D eigenvalue weighted by Crippen LogP contribution is 2.26. The first-order valence-corrected chi connectivity index (χ1v) is 8.47. The van der Waals surface area contributed by atoms with Crippen LogP contribution in [0.3, 0.4) is 0 Å². The predicted octanol–water partition coefficient (Wildman–Crippen LogP) is 1.94. The first-order chi connectivity index (χ1) is 10.0. The number of aryl methyl sites for hydroxylation is 1. The fraction of sp³-hybridized carbons (Fsp3) is 0.167. The normalized spacial score (nSPS) is 11.7. The maximum Gasteiger partial charge on any atom is 0.282 e.